The number of fused-ring (bicyclic) bond motifs is 1. The van der Waals surface area contributed by atoms with Gasteiger partial charge in [0, 0.05) is 34.1 Å². The number of aromatic nitrogens is 1. The molecule has 2 N–H and O–H groups in total. The van der Waals surface area contributed by atoms with E-state index in [1.54, 1.807) is 12.1 Å². The highest BCUT2D eigenvalue weighted by Crippen LogP contribution is 2.50. The van der Waals surface area contributed by atoms with Crippen molar-refractivity contribution in [2.75, 3.05) is 6.54 Å². The maximum absolute atomic E-state index is 13.3. The van der Waals surface area contributed by atoms with E-state index in [9.17, 15) is 4.39 Å². The third-order valence-electron chi connectivity index (χ3n) is 5.54. The van der Waals surface area contributed by atoms with E-state index in [0.717, 1.165) is 24.4 Å². The maximum Gasteiger partial charge on any atom is 0.123 e. The number of hydrogen-bond acceptors (Lipinski definition) is 1. The molecule has 0 saturated heterocycles. The Morgan fingerprint density at radius 2 is 1.92 bits per heavy atom. The van der Waals surface area contributed by atoms with Gasteiger partial charge in [0.2, 0.25) is 0 Å². The zero-order valence-electron chi connectivity index (χ0n) is 14.3. The van der Waals surface area contributed by atoms with Crippen LogP contribution in [0, 0.1) is 5.82 Å². The fraction of sp³-hybridized carbons (Fsp3) is 0.333. The van der Waals surface area contributed by atoms with Gasteiger partial charge >= 0.3 is 0 Å². The number of hydrogen-bond donors (Lipinski definition) is 1. The second-order valence-corrected chi connectivity index (χ2v) is 7.73. The summed E-state index contributed by atoms with van der Waals surface area (Å²) in [5, 5.41) is 1.93. The first-order chi connectivity index (χ1) is 12.0. The molecular weight excluding hydrogens is 335 g/mol. The van der Waals surface area contributed by atoms with Gasteiger partial charge in [-0.05, 0) is 66.8 Å². The van der Waals surface area contributed by atoms with E-state index in [0.29, 0.717) is 6.54 Å². The van der Waals surface area contributed by atoms with E-state index in [4.69, 9.17) is 17.3 Å². The number of halogens is 2. The van der Waals surface area contributed by atoms with Gasteiger partial charge in [-0.25, -0.2) is 4.39 Å². The second-order valence-electron chi connectivity index (χ2n) is 7.30. The summed E-state index contributed by atoms with van der Waals surface area (Å²) in [6.07, 6.45) is 4.49. The topological polar surface area (TPSA) is 30.9 Å². The van der Waals surface area contributed by atoms with Gasteiger partial charge in [0.1, 0.15) is 5.82 Å². The van der Waals surface area contributed by atoms with Crippen LogP contribution >= 0.6 is 11.6 Å². The summed E-state index contributed by atoms with van der Waals surface area (Å²) < 4.78 is 15.6. The molecule has 0 radical (unpaired) electrons. The highest BCUT2D eigenvalue weighted by atomic mass is 35.5. The molecule has 0 aliphatic heterocycles. The normalized spacial score (nSPS) is 17.0. The van der Waals surface area contributed by atoms with Crippen molar-refractivity contribution in [3.05, 3.63) is 70.6 Å². The third-order valence-corrected chi connectivity index (χ3v) is 5.78. The van der Waals surface area contributed by atoms with Crippen molar-refractivity contribution in [1.82, 2.24) is 4.57 Å². The first-order valence-electron chi connectivity index (χ1n) is 8.77. The summed E-state index contributed by atoms with van der Waals surface area (Å²) >= 11 is 6.23. The smallest absolute Gasteiger partial charge is 0.123 e. The number of benzene rings is 2. The molecule has 1 unspecified atom stereocenters. The Hall–Kier alpha value is -1.84. The number of nitrogens with zero attached hydrogens (tertiary/aromatic N) is 1. The molecule has 2 nitrogen and oxygen atoms in total. The summed E-state index contributed by atoms with van der Waals surface area (Å²) in [6, 6.07) is 13.0. The van der Waals surface area contributed by atoms with Crippen LogP contribution in [0.4, 0.5) is 4.39 Å². The molecule has 3 aromatic rings. The van der Waals surface area contributed by atoms with Gasteiger partial charge in [0.15, 0.2) is 0 Å². The second kappa shape index (κ2) is 6.15. The third kappa shape index (κ3) is 2.96. The Morgan fingerprint density at radius 3 is 2.56 bits per heavy atom. The van der Waals surface area contributed by atoms with Crippen molar-refractivity contribution in [2.24, 2.45) is 5.73 Å². The predicted molar refractivity (Wildman–Crippen MR) is 102 cm³/mol. The van der Waals surface area contributed by atoms with Crippen LogP contribution in [0.15, 0.2) is 48.7 Å². The standard InChI is InChI=1S/C21H22ClFN2/c1-14(11-24)19-12-25(20-7-4-16(22)10-18(19)20)13-21(8-9-21)15-2-5-17(23)6-3-15/h2-7,10,12,14H,8-9,11,13,24H2,1H3. The van der Waals surface area contributed by atoms with E-state index in [1.165, 1.54) is 22.0 Å². The first kappa shape index (κ1) is 16.6. The van der Waals surface area contributed by atoms with E-state index in [2.05, 4.69) is 23.8 Å². The average molecular weight is 357 g/mol. The van der Waals surface area contributed by atoms with Crippen molar-refractivity contribution >= 4 is 22.5 Å². The monoisotopic (exact) mass is 356 g/mol. The van der Waals surface area contributed by atoms with Gasteiger partial charge in [-0.1, -0.05) is 30.7 Å². The first-order valence-corrected chi connectivity index (χ1v) is 9.15. The summed E-state index contributed by atoms with van der Waals surface area (Å²) in [6.45, 7) is 3.65. The highest BCUT2D eigenvalue weighted by molar-refractivity contribution is 6.31. The Morgan fingerprint density at radius 1 is 1.20 bits per heavy atom. The Kier molecular flexibility index (Phi) is 4.09. The lowest BCUT2D eigenvalue weighted by atomic mass is 9.96. The van der Waals surface area contributed by atoms with Crippen LogP contribution in [0.25, 0.3) is 10.9 Å². The van der Waals surface area contributed by atoms with E-state index in [-0.39, 0.29) is 17.2 Å². The minimum Gasteiger partial charge on any atom is -0.346 e. The zero-order valence-corrected chi connectivity index (χ0v) is 15.1. The fourth-order valence-corrected chi connectivity index (χ4v) is 3.94. The fourth-order valence-electron chi connectivity index (χ4n) is 3.77. The molecule has 1 saturated carbocycles. The van der Waals surface area contributed by atoms with Crippen molar-refractivity contribution in [3.63, 3.8) is 0 Å². The van der Waals surface area contributed by atoms with Gasteiger partial charge in [0.05, 0.1) is 0 Å². The Labute approximate surface area is 152 Å². The molecule has 25 heavy (non-hydrogen) atoms. The average Bonchev–Trinajstić information content (AvgIpc) is 3.31. The molecule has 1 aliphatic carbocycles. The van der Waals surface area contributed by atoms with E-state index >= 15 is 0 Å². The molecule has 2 aromatic carbocycles. The molecule has 4 heteroatoms. The Balaban J connectivity index is 1.76. The van der Waals surface area contributed by atoms with Gasteiger partial charge in [0.25, 0.3) is 0 Å². The van der Waals surface area contributed by atoms with Crippen LogP contribution < -0.4 is 5.73 Å². The molecule has 0 amide bonds. The minimum absolute atomic E-state index is 0.114. The molecule has 1 aliphatic rings. The van der Waals surface area contributed by atoms with Crippen LogP contribution in [-0.2, 0) is 12.0 Å². The lowest BCUT2D eigenvalue weighted by molar-refractivity contribution is 0.556. The molecule has 1 atom stereocenters. The van der Waals surface area contributed by atoms with E-state index < -0.39 is 0 Å². The minimum atomic E-state index is -0.181. The van der Waals surface area contributed by atoms with Crippen molar-refractivity contribution < 1.29 is 4.39 Å². The van der Waals surface area contributed by atoms with Gasteiger partial charge < -0.3 is 10.3 Å². The molecule has 1 aromatic heterocycles. The Bertz CT molecular complexity index is 910. The van der Waals surface area contributed by atoms with Crippen LogP contribution in [0.1, 0.15) is 36.8 Å². The summed E-state index contributed by atoms with van der Waals surface area (Å²) in [4.78, 5) is 0. The molecule has 130 valence electrons. The lowest BCUT2D eigenvalue weighted by Gasteiger charge is -2.18. The van der Waals surface area contributed by atoms with Crippen molar-refractivity contribution in [1.29, 1.82) is 0 Å². The number of nitrogens with two attached hydrogens (primary N) is 1. The summed E-state index contributed by atoms with van der Waals surface area (Å²) in [7, 11) is 0. The van der Waals surface area contributed by atoms with E-state index in [1.807, 2.05) is 24.3 Å². The van der Waals surface area contributed by atoms with Crippen LogP contribution in [0.5, 0.6) is 0 Å². The molecular formula is C21H22ClFN2. The van der Waals surface area contributed by atoms with Crippen molar-refractivity contribution in [3.8, 4) is 0 Å². The molecule has 4 rings (SSSR count). The van der Waals surface area contributed by atoms with Gasteiger partial charge in [-0.3, -0.25) is 0 Å². The van der Waals surface area contributed by atoms with Gasteiger partial charge in [-0.2, -0.15) is 0 Å². The van der Waals surface area contributed by atoms with Gasteiger partial charge in [-0.15, -0.1) is 0 Å². The molecule has 0 spiro atoms. The van der Waals surface area contributed by atoms with Crippen molar-refractivity contribution in [2.45, 2.75) is 37.6 Å². The number of rotatable bonds is 5. The predicted octanol–water partition coefficient (Wildman–Crippen LogP) is 5.23. The lowest BCUT2D eigenvalue weighted by Crippen LogP contribution is -2.15. The molecule has 0 bridgehead atoms. The molecule has 1 heterocycles. The maximum atomic E-state index is 13.3. The molecule has 1 fully saturated rings. The highest BCUT2D eigenvalue weighted by Gasteiger charge is 2.44. The summed E-state index contributed by atoms with van der Waals surface area (Å²) in [5.41, 5.74) is 9.68. The quantitative estimate of drug-likeness (QED) is 0.666. The largest absolute Gasteiger partial charge is 0.346 e. The zero-order chi connectivity index (χ0) is 17.6. The van der Waals surface area contributed by atoms with Crippen LogP contribution in [0.2, 0.25) is 5.02 Å². The van der Waals surface area contributed by atoms with Crippen LogP contribution in [-0.4, -0.2) is 11.1 Å². The SMILES string of the molecule is CC(CN)c1cn(CC2(c3ccc(F)cc3)CC2)c2ccc(Cl)cc12. The van der Waals surface area contributed by atoms with Crippen LogP contribution in [0.3, 0.4) is 0 Å². The summed E-state index contributed by atoms with van der Waals surface area (Å²) in [5.74, 6) is 0.0999.